The fourth-order valence-corrected chi connectivity index (χ4v) is 8.02. The Hall–Kier alpha value is -2.86. The van der Waals surface area contributed by atoms with Crippen molar-refractivity contribution in [1.29, 1.82) is 0 Å². The van der Waals surface area contributed by atoms with Crippen LogP contribution in [0, 0.1) is 5.92 Å². The molecule has 6 rings (SSSR count). The molecule has 0 radical (unpaired) electrons. The zero-order chi connectivity index (χ0) is 30.9. The molecule has 0 N–H and O–H groups in total. The monoisotopic (exact) mass is 631 g/mol. The molecule has 2 heterocycles. The van der Waals surface area contributed by atoms with Gasteiger partial charge in [-0.25, -0.2) is 0 Å². The second-order valence-corrected chi connectivity index (χ2v) is 13.9. The third kappa shape index (κ3) is 5.79. The highest BCUT2D eigenvalue weighted by molar-refractivity contribution is 6.42. The van der Waals surface area contributed by atoms with Crippen molar-refractivity contribution in [3.63, 3.8) is 0 Å². The SMILES string of the molecule is CC(c1ccccc1)N(C)C(=O)C1(c2ccc(Cl)c(Cl)c2)CC1CN1CCC(C(=O)N2CCCCC2)(c2ccccc2)CC1. The average Bonchev–Trinajstić information content (AvgIpc) is 3.80. The van der Waals surface area contributed by atoms with Gasteiger partial charge in [0.1, 0.15) is 0 Å². The molecule has 232 valence electrons. The standard InChI is InChI=1S/C37H43Cl2N3O2/c1-27(28-12-6-3-7-13-28)40(2)35(44)37(30-16-17-32(38)33(39)24-30)25-31(37)26-41-22-18-36(19-23-41,29-14-8-4-9-15-29)34(43)42-20-10-5-11-21-42/h3-4,6-9,12-17,24,27,31H,5,10-11,18-23,25-26H2,1-2H3. The third-order valence-corrected chi connectivity index (χ3v) is 11.4. The molecule has 3 atom stereocenters. The van der Waals surface area contributed by atoms with E-state index in [-0.39, 0.29) is 17.9 Å². The molecule has 3 aromatic carbocycles. The lowest BCUT2D eigenvalue weighted by atomic mass is 9.71. The molecule has 2 amide bonds. The number of hydrogen-bond donors (Lipinski definition) is 0. The van der Waals surface area contributed by atoms with E-state index < -0.39 is 10.8 Å². The van der Waals surface area contributed by atoms with Gasteiger partial charge in [0, 0.05) is 26.7 Å². The predicted molar refractivity (Wildman–Crippen MR) is 178 cm³/mol. The number of benzene rings is 3. The second-order valence-electron chi connectivity index (χ2n) is 13.1. The molecule has 3 aliphatic rings. The molecular formula is C37H43Cl2N3O2. The third-order valence-electron chi connectivity index (χ3n) is 10.7. The van der Waals surface area contributed by atoms with Gasteiger partial charge in [0.05, 0.1) is 26.9 Å². The maximum Gasteiger partial charge on any atom is 0.233 e. The Bertz CT molecular complexity index is 1470. The van der Waals surface area contributed by atoms with E-state index in [0.717, 1.165) is 81.5 Å². The second kappa shape index (κ2) is 12.9. The van der Waals surface area contributed by atoms with Crippen LogP contribution in [0.5, 0.6) is 0 Å². The molecular weight excluding hydrogens is 589 g/mol. The zero-order valence-corrected chi connectivity index (χ0v) is 27.4. The minimum absolute atomic E-state index is 0.0631. The van der Waals surface area contributed by atoms with Crippen LogP contribution in [-0.2, 0) is 20.4 Å². The van der Waals surface area contributed by atoms with Crippen LogP contribution in [0.4, 0.5) is 0 Å². The Morgan fingerprint density at radius 3 is 2.11 bits per heavy atom. The van der Waals surface area contributed by atoms with E-state index in [9.17, 15) is 9.59 Å². The summed E-state index contributed by atoms with van der Waals surface area (Å²) in [7, 11) is 1.91. The fourth-order valence-electron chi connectivity index (χ4n) is 7.72. The van der Waals surface area contributed by atoms with Gasteiger partial charge in [-0.1, -0.05) is 89.9 Å². The fraction of sp³-hybridized carbons (Fsp3) is 0.459. The molecule has 5 nitrogen and oxygen atoms in total. The summed E-state index contributed by atoms with van der Waals surface area (Å²) in [6.07, 6.45) is 5.73. The first-order chi connectivity index (χ1) is 21.3. The average molecular weight is 633 g/mol. The Morgan fingerprint density at radius 2 is 1.48 bits per heavy atom. The van der Waals surface area contributed by atoms with Gasteiger partial charge in [-0.2, -0.15) is 0 Å². The van der Waals surface area contributed by atoms with Crippen LogP contribution in [0.1, 0.15) is 68.2 Å². The molecule has 3 aromatic rings. The molecule has 2 aliphatic heterocycles. The number of rotatable bonds is 8. The van der Waals surface area contributed by atoms with Crippen molar-refractivity contribution in [2.45, 2.75) is 62.3 Å². The minimum Gasteiger partial charge on any atom is -0.342 e. The van der Waals surface area contributed by atoms with Gasteiger partial charge in [-0.05, 0) is 93.3 Å². The van der Waals surface area contributed by atoms with Gasteiger partial charge in [0.2, 0.25) is 11.8 Å². The van der Waals surface area contributed by atoms with Crippen molar-refractivity contribution in [3.05, 3.63) is 106 Å². The van der Waals surface area contributed by atoms with E-state index in [1.54, 1.807) is 0 Å². The van der Waals surface area contributed by atoms with Gasteiger partial charge < -0.3 is 14.7 Å². The number of amides is 2. The molecule has 7 heteroatoms. The Labute approximate surface area is 272 Å². The highest BCUT2D eigenvalue weighted by Crippen LogP contribution is 2.57. The summed E-state index contributed by atoms with van der Waals surface area (Å²) in [6, 6.07) is 26.2. The molecule has 0 aromatic heterocycles. The van der Waals surface area contributed by atoms with E-state index in [4.69, 9.17) is 23.2 Å². The number of nitrogens with zero attached hydrogens (tertiary/aromatic N) is 3. The lowest BCUT2D eigenvalue weighted by Crippen LogP contribution is -2.54. The van der Waals surface area contributed by atoms with Crippen LogP contribution in [-0.4, -0.2) is 66.3 Å². The number of likely N-dealkylation sites (tertiary alicyclic amines) is 2. The van der Waals surface area contributed by atoms with Gasteiger partial charge >= 0.3 is 0 Å². The minimum atomic E-state index is -0.649. The van der Waals surface area contributed by atoms with Crippen molar-refractivity contribution in [2.24, 2.45) is 5.92 Å². The molecule has 44 heavy (non-hydrogen) atoms. The van der Waals surface area contributed by atoms with Gasteiger partial charge in [-0.3, -0.25) is 9.59 Å². The first kappa shape index (κ1) is 31.1. The number of piperidine rings is 2. The Kier molecular flexibility index (Phi) is 9.10. The van der Waals surface area contributed by atoms with Gasteiger partial charge in [0.25, 0.3) is 0 Å². The van der Waals surface area contributed by atoms with Crippen molar-refractivity contribution in [3.8, 4) is 0 Å². The summed E-state index contributed by atoms with van der Waals surface area (Å²) in [5.41, 5.74) is 2.05. The largest absolute Gasteiger partial charge is 0.342 e. The quantitative estimate of drug-likeness (QED) is 0.258. The van der Waals surface area contributed by atoms with Crippen LogP contribution in [0.15, 0.2) is 78.9 Å². The van der Waals surface area contributed by atoms with E-state index in [0.29, 0.717) is 16.0 Å². The molecule has 2 saturated heterocycles. The van der Waals surface area contributed by atoms with Gasteiger partial charge in [-0.15, -0.1) is 0 Å². The zero-order valence-electron chi connectivity index (χ0n) is 25.9. The lowest BCUT2D eigenvalue weighted by molar-refractivity contribution is -0.140. The van der Waals surface area contributed by atoms with Crippen LogP contribution < -0.4 is 0 Å². The number of hydrogen-bond acceptors (Lipinski definition) is 3. The van der Waals surface area contributed by atoms with Gasteiger partial charge in [0.15, 0.2) is 0 Å². The highest BCUT2D eigenvalue weighted by Gasteiger charge is 2.62. The summed E-state index contributed by atoms with van der Waals surface area (Å²) in [5.74, 6) is 0.569. The van der Waals surface area contributed by atoms with E-state index in [2.05, 4.69) is 53.1 Å². The number of halogens is 2. The maximum atomic E-state index is 14.4. The van der Waals surface area contributed by atoms with Crippen LogP contribution in [0.25, 0.3) is 0 Å². The van der Waals surface area contributed by atoms with E-state index >= 15 is 0 Å². The summed E-state index contributed by atoms with van der Waals surface area (Å²) in [6.45, 7) is 6.27. The summed E-state index contributed by atoms with van der Waals surface area (Å²) >= 11 is 12.8. The first-order valence-corrected chi connectivity index (χ1v) is 16.9. The van der Waals surface area contributed by atoms with E-state index in [1.165, 1.54) is 6.42 Å². The van der Waals surface area contributed by atoms with Crippen molar-refractivity contribution in [2.75, 3.05) is 39.8 Å². The lowest BCUT2D eigenvalue weighted by Gasteiger charge is -2.44. The van der Waals surface area contributed by atoms with Crippen LogP contribution in [0.2, 0.25) is 10.0 Å². The number of carbonyl (C=O) groups excluding carboxylic acids is 2. The topological polar surface area (TPSA) is 43.9 Å². The van der Waals surface area contributed by atoms with Crippen molar-refractivity contribution < 1.29 is 9.59 Å². The molecule has 3 unspecified atom stereocenters. The van der Waals surface area contributed by atoms with Crippen molar-refractivity contribution >= 4 is 35.0 Å². The summed E-state index contributed by atoms with van der Waals surface area (Å²) in [4.78, 5) is 35.1. The summed E-state index contributed by atoms with van der Waals surface area (Å²) in [5, 5.41) is 0.968. The normalized spacial score (nSPS) is 24.0. The Morgan fingerprint density at radius 1 is 0.841 bits per heavy atom. The maximum absolute atomic E-state index is 14.4. The predicted octanol–water partition coefficient (Wildman–Crippen LogP) is 7.52. The first-order valence-electron chi connectivity index (χ1n) is 16.1. The number of carbonyl (C=O) groups is 2. The number of likely N-dealkylation sites (N-methyl/N-ethyl adjacent to an activating group) is 1. The van der Waals surface area contributed by atoms with E-state index in [1.807, 2.05) is 54.4 Å². The molecule has 1 aliphatic carbocycles. The highest BCUT2D eigenvalue weighted by atomic mass is 35.5. The molecule has 1 saturated carbocycles. The van der Waals surface area contributed by atoms with Crippen LogP contribution in [0.3, 0.4) is 0 Å². The Balaban J connectivity index is 1.22. The molecule has 3 fully saturated rings. The molecule has 0 spiro atoms. The molecule has 0 bridgehead atoms. The van der Waals surface area contributed by atoms with Crippen molar-refractivity contribution in [1.82, 2.24) is 14.7 Å². The summed E-state index contributed by atoms with van der Waals surface area (Å²) < 4.78 is 0. The van der Waals surface area contributed by atoms with Crippen LogP contribution >= 0.6 is 23.2 Å². The smallest absolute Gasteiger partial charge is 0.233 e.